The fraction of sp³-hybridized carbons (Fsp3) is 0.294. The maximum atomic E-state index is 14.0. The number of aromatic nitrogens is 3. The molecule has 0 N–H and O–H groups in total. The number of hydrogen-bond donors (Lipinski definition) is 0. The van der Waals surface area contributed by atoms with Crippen LogP contribution in [-0.4, -0.2) is 14.5 Å². The van der Waals surface area contributed by atoms with E-state index in [9.17, 15) is 4.39 Å². The van der Waals surface area contributed by atoms with Gasteiger partial charge in [-0.1, -0.05) is 6.92 Å². The zero-order valence-electron chi connectivity index (χ0n) is 12.5. The van der Waals surface area contributed by atoms with Gasteiger partial charge in [0.2, 0.25) is 5.95 Å². The predicted octanol–water partition coefficient (Wildman–Crippen LogP) is 4.26. The molecular weight excluding hydrogens is 265 g/mol. The quantitative estimate of drug-likeness (QED) is 0.672. The van der Waals surface area contributed by atoms with E-state index in [1.54, 1.807) is 12.1 Å². The third-order valence-corrected chi connectivity index (χ3v) is 3.81. The number of rotatable bonds is 3. The number of nitrogens with zero attached hydrogens (tertiary/aromatic N) is 3. The molecule has 21 heavy (non-hydrogen) atoms. The van der Waals surface area contributed by atoms with Crippen LogP contribution in [0.1, 0.15) is 24.5 Å². The molecule has 4 heteroatoms. The number of pyridine rings is 1. The van der Waals surface area contributed by atoms with Crippen molar-refractivity contribution < 1.29 is 4.39 Å². The molecule has 0 spiro atoms. The molecule has 3 rings (SSSR count). The highest BCUT2D eigenvalue weighted by Gasteiger charge is 2.16. The van der Waals surface area contributed by atoms with Crippen LogP contribution in [0.3, 0.4) is 0 Å². The van der Waals surface area contributed by atoms with Crippen LogP contribution in [0.4, 0.5) is 4.39 Å². The smallest absolute Gasteiger partial charge is 0.223 e. The summed E-state index contributed by atoms with van der Waals surface area (Å²) in [7, 11) is 0. The highest BCUT2D eigenvalue weighted by molar-refractivity contribution is 5.82. The average molecular weight is 283 g/mol. The number of halogens is 1. The van der Waals surface area contributed by atoms with Crippen LogP contribution in [0.5, 0.6) is 0 Å². The molecule has 2 aromatic heterocycles. The van der Waals surface area contributed by atoms with Gasteiger partial charge in [0.15, 0.2) is 0 Å². The zero-order chi connectivity index (χ0) is 15.0. The molecule has 0 amide bonds. The highest BCUT2D eigenvalue weighted by Crippen LogP contribution is 2.28. The normalized spacial score (nSPS) is 11.2. The summed E-state index contributed by atoms with van der Waals surface area (Å²) in [5.74, 6) is 0.182. The summed E-state index contributed by atoms with van der Waals surface area (Å²) < 4.78 is 16.1. The van der Waals surface area contributed by atoms with Crippen LogP contribution in [0.15, 0.2) is 30.5 Å². The number of fused-ring (bicyclic) bond motifs is 1. The summed E-state index contributed by atoms with van der Waals surface area (Å²) in [4.78, 5) is 8.39. The lowest BCUT2D eigenvalue weighted by Gasteiger charge is -2.08. The van der Waals surface area contributed by atoms with Crippen molar-refractivity contribution in [3.05, 3.63) is 47.5 Å². The second kappa shape index (κ2) is 5.28. The first-order chi connectivity index (χ1) is 10.1. The molecule has 0 saturated heterocycles. The van der Waals surface area contributed by atoms with Gasteiger partial charge in [0.05, 0.1) is 16.6 Å². The average Bonchev–Trinajstić information content (AvgIpc) is 2.79. The van der Waals surface area contributed by atoms with E-state index in [1.165, 1.54) is 17.3 Å². The molecule has 0 saturated carbocycles. The first kappa shape index (κ1) is 13.7. The van der Waals surface area contributed by atoms with Crippen LogP contribution >= 0.6 is 0 Å². The van der Waals surface area contributed by atoms with Crippen molar-refractivity contribution in [1.82, 2.24) is 14.5 Å². The van der Waals surface area contributed by atoms with Crippen LogP contribution in [-0.2, 0) is 6.54 Å². The van der Waals surface area contributed by atoms with E-state index in [4.69, 9.17) is 0 Å². The standard InChI is InChI=1S/C17H18FN3/c1-4-8-21-15-10-12(3)11(2)9-14(15)20-17(21)13-6-5-7-19-16(13)18/h5-7,9-10H,4,8H2,1-3H3. The Balaban J connectivity index is 2.32. The number of hydrogen-bond acceptors (Lipinski definition) is 2. The minimum Gasteiger partial charge on any atom is -0.324 e. The molecule has 0 aliphatic heterocycles. The van der Waals surface area contributed by atoms with E-state index in [2.05, 4.69) is 47.4 Å². The number of benzene rings is 1. The third kappa shape index (κ3) is 2.31. The summed E-state index contributed by atoms with van der Waals surface area (Å²) >= 11 is 0. The Morgan fingerprint density at radius 3 is 2.67 bits per heavy atom. The second-order valence-electron chi connectivity index (χ2n) is 5.35. The van der Waals surface area contributed by atoms with Gasteiger partial charge >= 0.3 is 0 Å². The summed E-state index contributed by atoms with van der Waals surface area (Å²) in [6.07, 6.45) is 2.42. The molecule has 0 aliphatic rings. The molecule has 0 atom stereocenters. The lowest BCUT2D eigenvalue weighted by atomic mass is 10.1. The van der Waals surface area contributed by atoms with Crippen molar-refractivity contribution in [2.45, 2.75) is 33.7 Å². The van der Waals surface area contributed by atoms with Crippen LogP contribution < -0.4 is 0 Å². The van der Waals surface area contributed by atoms with Gasteiger partial charge in [-0.3, -0.25) is 0 Å². The van der Waals surface area contributed by atoms with Crippen molar-refractivity contribution in [3.63, 3.8) is 0 Å². The second-order valence-corrected chi connectivity index (χ2v) is 5.35. The van der Waals surface area contributed by atoms with Crippen LogP contribution in [0.25, 0.3) is 22.4 Å². The molecule has 1 aromatic carbocycles. The van der Waals surface area contributed by atoms with E-state index >= 15 is 0 Å². The monoisotopic (exact) mass is 283 g/mol. The molecule has 0 unspecified atom stereocenters. The Bertz CT molecular complexity index is 805. The van der Waals surface area contributed by atoms with Gasteiger partial charge in [-0.15, -0.1) is 0 Å². The predicted molar refractivity (Wildman–Crippen MR) is 82.7 cm³/mol. The lowest BCUT2D eigenvalue weighted by Crippen LogP contribution is -2.02. The minimum atomic E-state index is -0.474. The first-order valence-corrected chi connectivity index (χ1v) is 7.20. The van der Waals surface area contributed by atoms with Crippen molar-refractivity contribution >= 4 is 11.0 Å². The van der Waals surface area contributed by atoms with E-state index in [1.807, 2.05) is 0 Å². The maximum Gasteiger partial charge on any atom is 0.223 e. The molecule has 0 fully saturated rings. The van der Waals surface area contributed by atoms with Gasteiger partial charge in [0, 0.05) is 12.7 Å². The van der Waals surface area contributed by atoms with Gasteiger partial charge in [-0.25, -0.2) is 9.97 Å². The minimum absolute atomic E-state index is 0.456. The number of imidazole rings is 1. The molecule has 3 nitrogen and oxygen atoms in total. The van der Waals surface area contributed by atoms with E-state index in [0.717, 1.165) is 24.0 Å². The van der Waals surface area contributed by atoms with Gasteiger partial charge in [-0.2, -0.15) is 4.39 Å². The van der Waals surface area contributed by atoms with Gasteiger partial charge in [-0.05, 0) is 55.7 Å². The first-order valence-electron chi connectivity index (χ1n) is 7.20. The molecule has 0 bridgehead atoms. The molecular formula is C17H18FN3. The molecule has 0 radical (unpaired) electrons. The van der Waals surface area contributed by atoms with Crippen molar-refractivity contribution in [2.24, 2.45) is 0 Å². The molecule has 0 aliphatic carbocycles. The third-order valence-electron chi connectivity index (χ3n) is 3.81. The fourth-order valence-corrected chi connectivity index (χ4v) is 2.59. The molecule has 108 valence electrons. The van der Waals surface area contributed by atoms with Gasteiger partial charge < -0.3 is 4.57 Å². The maximum absolute atomic E-state index is 14.0. The number of aryl methyl sites for hydroxylation is 3. The Morgan fingerprint density at radius 1 is 1.19 bits per heavy atom. The van der Waals surface area contributed by atoms with E-state index in [-0.39, 0.29) is 0 Å². The fourth-order valence-electron chi connectivity index (χ4n) is 2.59. The van der Waals surface area contributed by atoms with Crippen molar-refractivity contribution in [2.75, 3.05) is 0 Å². The summed E-state index contributed by atoms with van der Waals surface area (Å²) in [6, 6.07) is 7.67. The molecule has 3 aromatic rings. The van der Waals surface area contributed by atoms with Gasteiger partial charge in [0.1, 0.15) is 5.82 Å². The van der Waals surface area contributed by atoms with Gasteiger partial charge in [0.25, 0.3) is 0 Å². The Labute approximate surface area is 123 Å². The van der Waals surface area contributed by atoms with E-state index < -0.39 is 5.95 Å². The summed E-state index contributed by atoms with van der Waals surface area (Å²) in [6.45, 7) is 7.07. The Hall–Kier alpha value is -2.23. The van der Waals surface area contributed by atoms with Crippen LogP contribution in [0, 0.1) is 19.8 Å². The topological polar surface area (TPSA) is 30.7 Å². The SMILES string of the molecule is CCCn1c(-c2cccnc2F)nc2cc(C)c(C)cc21. The largest absolute Gasteiger partial charge is 0.324 e. The lowest BCUT2D eigenvalue weighted by molar-refractivity contribution is 0.583. The van der Waals surface area contributed by atoms with Crippen molar-refractivity contribution in [3.8, 4) is 11.4 Å². The highest BCUT2D eigenvalue weighted by atomic mass is 19.1. The van der Waals surface area contributed by atoms with Crippen molar-refractivity contribution in [1.29, 1.82) is 0 Å². The zero-order valence-corrected chi connectivity index (χ0v) is 12.5. The molecule has 2 heterocycles. The summed E-state index contributed by atoms with van der Waals surface area (Å²) in [5.41, 5.74) is 4.83. The van der Waals surface area contributed by atoms with Crippen LogP contribution in [0.2, 0.25) is 0 Å². The van der Waals surface area contributed by atoms with E-state index in [0.29, 0.717) is 11.4 Å². The Morgan fingerprint density at radius 2 is 1.95 bits per heavy atom. The Kier molecular flexibility index (Phi) is 3.45. The summed E-state index contributed by atoms with van der Waals surface area (Å²) in [5, 5.41) is 0.